The van der Waals surface area contributed by atoms with Crippen LogP contribution in [0.25, 0.3) is 0 Å². The van der Waals surface area contributed by atoms with Crippen molar-refractivity contribution in [2.75, 3.05) is 19.6 Å². The zero-order valence-electron chi connectivity index (χ0n) is 13.5. The highest BCUT2D eigenvalue weighted by Gasteiger charge is 2.37. The van der Waals surface area contributed by atoms with Gasteiger partial charge in [-0.15, -0.1) is 0 Å². The van der Waals surface area contributed by atoms with Crippen LogP contribution in [0, 0.1) is 23.2 Å². The molecule has 0 bridgehead atoms. The van der Waals surface area contributed by atoms with Gasteiger partial charge in [0.1, 0.15) is 0 Å². The lowest BCUT2D eigenvalue weighted by Crippen LogP contribution is -2.37. The van der Waals surface area contributed by atoms with Gasteiger partial charge in [-0.2, -0.15) is 0 Å². The molecule has 1 saturated carbocycles. The SMILES string of the molecule is CC(C)(C)C1CCN(C(=O)C2CCCC(CCN)C2)C1. The van der Waals surface area contributed by atoms with E-state index in [1.54, 1.807) is 0 Å². The van der Waals surface area contributed by atoms with Crippen molar-refractivity contribution >= 4 is 5.91 Å². The summed E-state index contributed by atoms with van der Waals surface area (Å²) in [6.45, 7) is 9.59. The highest BCUT2D eigenvalue weighted by molar-refractivity contribution is 5.79. The summed E-state index contributed by atoms with van der Waals surface area (Å²) in [5.74, 6) is 2.05. The van der Waals surface area contributed by atoms with Gasteiger partial charge in [0.05, 0.1) is 0 Å². The minimum absolute atomic E-state index is 0.277. The van der Waals surface area contributed by atoms with Gasteiger partial charge in [0.15, 0.2) is 0 Å². The lowest BCUT2D eigenvalue weighted by Gasteiger charge is -2.32. The molecule has 2 fully saturated rings. The first-order valence-corrected chi connectivity index (χ1v) is 8.40. The third-order valence-corrected chi connectivity index (χ3v) is 5.43. The number of amides is 1. The zero-order valence-corrected chi connectivity index (χ0v) is 13.5. The van der Waals surface area contributed by atoms with E-state index < -0.39 is 0 Å². The molecule has 1 heterocycles. The second kappa shape index (κ2) is 6.46. The summed E-state index contributed by atoms with van der Waals surface area (Å²) in [5.41, 5.74) is 6.00. The van der Waals surface area contributed by atoms with Crippen LogP contribution >= 0.6 is 0 Å². The Kier molecular flexibility index (Phi) is 5.11. The maximum absolute atomic E-state index is 12.7. The Hall–Kier alpha value is -0.570. The molecular weight excluding hydrogens is 248 g/mol. The molecule has 116 valence electrons. The molecule has 20 heavy (non-hydrogen) atoms. The van der Waals surface area contributed by atoms with Gasteiger partial charge in [-0.25, -0.2) is 0 Å². The summed E-state index contributed by atoms with van der Waals surface area (Å²) >= 11 is 0. The number of nitrogens with zero attached hydrogens (tertiary/aromatic N) is 1. The molecule has 0 radical (unpaired) electrons. The van der Waals surface area contributed by atoms with Crippen LogP contribution in [-0.2, 0) is 4.79 Å². The van der Waals surface area contributed by atoms with Gasteiger partial charge in [0, 0.05) is 19.0 Å². The standard InChI is InChI=1S/C17H32N2O/c1-17(2,3)15-8-10-19(12-15)16(20)14-6-4-5-13(11-14)7-9-18/h13-15H,4-12,18H2,1-3H3. The highest BCUT2D eigenvalue weighted by Crippen LogP contribution is 2.36. The Balaban J connectivity index is 1.88. The Morgan fingerprint density at radius 3 is 2.60 bits per heavy atom. The van der Waals surface area contributed by atoms with Gasteiger partial charge in [0.25, 0.3) is 0 Å². The molecule has 2 aliphatic rings. The van der Waals surface area contributed by atoms with Crippen molar-refractivity contribution in [2.45, 2.75) is 59.3 Å². The number of carbonyl (C=O) groups excluding carboxylic acids is 1. The number of hydrogen-bond acceptors (Lipinski definition) is 2. The molecule has 1 aliphatic heterocycles. The summed E-state index contributed by atoms with van der Waals surface area (Å²) < 4.78 is 0. The monoisotopic (exact) mass is 280 g/mol. The minimum Gasteiger partial charge on any atom is -0.342 e. The molecule has 1 amide bonds. The second-order valence-corrected chi connectivity index (χ2v) is 7.94. The van der Waals surface area contributed by atoms with Crippen molar-refractivity contribution in [3.8, 4) is 0 Å². The summed E-state index contributed by atoms with van der Waals surface area (Å²) in [5, 5.41) is 0. The van der Waals surface area contributed by atoms with Crippen LogP contribution in [0.15, 0.2) is 0 Å². The molecule has 3 unspecified atom stereocenters. The van der Waals surface area contributed by atoms with E-state index in [-0.39, 0.29) is 5.92 Å². The van der Waals surface area contributed by atoms with E-state index in [2.05, 4.69) is 25.7 Å². The number of nitrogens with two attached hydrogens (primary N) is 1. The molecule has 0 spiro atoms. The van der Waals surface area contributed by atoms with Gasteiger partial charge in [-0.1, -0.05) is 33.6 Å². The van der Waals surface area contributed by atoms with Crippen LogP contribution in [-0.4, -0.2) is 30.4 Å². The van der Waals surface area contributed by atoms with Crippen LogP contribution in [0.3, 0.4) is 0 Å². The predicted octanol–water partition coefficient (Wildman–Crippen LogP) is 3.04. The third-order valence-electron chi connectivity index (χ3n) is 5.43. The molecule has 3 atom stereocenters. The predicted molar refractivity (Wildman–Crippen MR) is 83.3 cm³/mol. The van der Waals surface area contributed by atoms with Crippen molar-refractivity contribution in [2.24, 2.45) is 28.9 Å². The third kappa shape index (κ3) is 3.75. The van der Waals surface area contributed by atoms with Crippen molar-refractivity contribution in [3.63, 3.8) is 0 Å². The summed E-state index contributed by atoms with van der Waals surface area (Å²) in [7, 11) is 0. The minimum atomic E-state index is 0.277. The topological polar surface area (TPSA) is 46.3 Å². The lowest BCUT2D eigenvalue weighted by atomic mass is 9.79. The fourth-order valence-electron chi connectivity index (χ4n) is 3.94. The quantitative estimate of drug-likeness (QED) is 0.863. The molecule has 1 saturated heterocycles. The molecular formula is C17H32N2O. The average Bonchev–Trinajstić information content (AvgIpc) is 2.88. The van der Waals surface area contributed by atoms with Crippen molar-refractivity contribution in [1.29, 1.82) is 0 Å². The summed E-state index contributed by atoms with van der Waals surface area (Å²) in [4.78, 5) is 14.9. The molecule has 1 aliphatic carbocycles. The first kappa shape index (κ1) is 15.8. The average molecular weight is 280 g/mol. The van der Waals surface area contributed by atoms with Crippen LogP contribution in [0.5, 0.6) is 0 Å². The van der Waals surface area contributed by atoms with E-state index in [9.17, 15) is 4.79 Å². The molecule has 2 N–H and O–H groups in total. The van der Waals surface area contributed by atoms with Gasteiger partial charge in [0.2, 0.25) is 5.91 Å². The maximum Gasteiger partial charge on any atom is 0.225 e. The van der Waals surface area contributed by atoms with E-state index in [0.29, 0.717) is 23.2 Å². The van der Waals surface area contributed by atoms with E-state index in [1.165, 1.54) is 19.3 Å². The maximum atomic E-state index is 12.7. The normalized spacial score (nSPS) is 31.6. The number of carbonyl (C=O) groups is 1. The smallest absolute Gasteiger partial charge is 0.225 e. The van der Waals surface area contributed by atoms with Crippen LogP contribution in [0.1, 0.15) is 59.3 Å². The molecule has 0 aromatic carbocycles. The van der Waals surface area contributed by atoms with Crippen LogP contribution in [0.2, 0.25) is 0 Å². The van der Waals surface area contributed by atoms with E-state index >= 15 is 0 Å². The number of hydrogen-bond donors (Lipinski definition) is 1. The number of rotatable bonds is 3. The summed E-state index contributed by atoms with van der Waals surface area (Å²) in [6.07, 6.45) is 6.91. The fourth-order valence-corrected chi connectivity index (χ4v) is 3.94. The van der Waals surface area contributed by atoms with E-state index in [4.69, 9.17) is 5.73 Å². The van der Waals surface area contributed by atoms with Crippen LogP contribution in [0.4, 0.5) is 0 Å². The van der Waals surface area contributed by atoms with Gasteiger partial charge >= 0.3 is 0 Å². The molecule has 2 rings (SSSR count). The molecule has 0 aromatic rings. The Bertz CT molecular complexity index is 332. The van der Waals surface area contributed by atoms with Crippen molar-refractivity contribution in [1.82, 2.24) is 4.90 Å². The zero-order chi connectivity index (χ0) is 14.8. The largest absolute Gasteiger partial charge is 0.342 e. The molecule has 0 aromatic heterocycles. The second-order valence-electron chi connectivity index (χ2n) is 7.94. The fraction of sp³-hybridized carbons (Fsp3) is 0.941. The highest BCUT2D eigenvalue weighted by atomic mass is 16.2. The summed E-state index contributed by atoms with van der Waals surface area (Å²) in [6, 6.07) is 0. The van der Waals surface area contributed by atoms with Crippen LogP contribution < -0.4 is 5.73 Å². The van der Waals surface area contributed by atoms with E-state index in [1.807, 2.05) is 0 Å². The lowest BCUT2D eigenvalue weighted by molar-refractivity contribution is -0.136. The van der Waals surface area contributed by atoms with Gasteiger partial charge < -0.3 is 10.6 Å². The van der Waals surface area contributed by atoms with Gasteiger partial charge in [-0.3, -0.25) is 4.79 Å². The van der Waals surface area contributed by atoms with Crippen molar-refractivity contribution < 1.29 is 4.79 Å². The molecule has 3 heteroatoms. The Morgan fingerprint density at radius 1 is 1.25 bits per heavy atom. The first-order valence-electron chi connectivity index (χ1n) is 8.40. The first-order chi connectivity index (χ1) is 9.41. The Labute approximate surface area is 124 Å². The van der Waals surface area contributed by atoms with E-state index in [0.717, 1.165) is 38.9 Å². The van der Waals surface area contributed by atoms with Gasteiger partial charge in [-0.05, 0) is 49.5 Å². The van der Waals surface area contributed by atoms with Crippen molar-refractivity contribution in [3.05, 3.63) is 0 Å². The number of likely N-dealkylation sites (tertiary alicyclic amines) is 1. The molecule has 3 nitrogen and oxygen atoms in total. The Morgan fingerprint density at radius 2 is 2.00 bits per heavy atom.